The summed E-state index contributed by atoms with van der Waals surface area (Å²) in [6.07, 6.45) is 3.79. The molecule has 1 fully saturated rings. The zero-order chi connectivity index (χ0) is 34.9. The summed E-state index contributed by atoms with van der Waals surface area (Å²) in [6, 6.07) is 11.5. The highest BCUT2D eigenvalue weighted by Gasteiger charge is 2.34. The largest absolute Gasteiger partial charge is 0.417 e. The Morgan fingerprint density at radius 3 is 2.59 bits per heavy atom. The number of alkyl halides is 3. The van der Waals surface area contributed by atoms with Gasteiger partial charge in [-0.3, -0.25) is 4.99 Å². The fourth-order valence-electron chi connectivity index (χ4n) is 6.09. The Kier molecular flexibility index (Phi) is 9.18. The van der Waals surface area contributed by atoms with Crippen LogP contribution in [0.3, 0.4) is 0 Å². The molecule has 0 aliphatic carbocycles. The number of fused-ring (bicyclic) bond motifs is 1. The third kappa shape index (κ3) is 7.01. The van der Waals surface area contributed by atoms with Crippen molar-refractivity contribution in [2.75, 3.05) is 35.3 Å². The van der Waals surface area contributed by atoms with E-state index < -0.39 is 11.7 Å². The molecule has 0 bridgehead atoms. The number of allylic oxidation sites excluding steroid dienone is 2. The van der Waals surface area contributed by atoms with Crippen LogP contribution in [0.15, 0.2) is 96.4 Å². The number of benzene rings is 2. The fraction of sp³-hybridized carbons (Fsp3) is 0.278. The number of rotatable bonds is 8. The quantitative estimate of drug-likeness (QED) is 0.171. The summed E-state index contributed by atoms with van der Waals surface area (Å²) in [7, 11) is 1.89. The maximum absolute atomic E-state index is 13.7. The molecule has 4 aromatic rings. The lowest BCUT2D eigenvalue weighted by atomic mass is 10.0. The number of aromatic amines is 1. The van der Waals surface area contributed by atoms with Gasteiger partial charge >= 0.3 is 6.18 Å². The maximum atomic E-state index is 13.7. The maximum Gasteiger partial charge on any atom is 0.417 e. The van der Waals surface area contributed by atoms with Crippen LogP contribution in [0, 0.1) is 6.92 Å². The van der Waals surface area contributed by atoms with Crippen molar-refractivity contribution in [2.45, 2.75) is 45.5 Å². The Balaban J connectivity index is 1.19. The van der Waals surface area contributed by atoms with Crippen molar-refractivity contribution in [3.63, 3.8) is 0 Å². The van der Waals surface area contributed by atoms with Gasteiger partial charge in [-0.25, -0.2) is 9.97 Å². The second-order valence-corrected chi connectivity index (χ2v) is 12.3. The Bertz CT molecular complexity index is 1940. The van der Waals surface area contributed by atoms with E-state index in [1.807, 2.05) is 44.0 Å². The number of aryl methyl sites for hydroxylation is 1. The van der Waals surface area contributed by atoms with E-state index in [2.05, 4.69) is 43.2 Å². The van der Waals surface area contributed by atoms with Crippen molar-refractivity contribution < 1.29 is 13.2 Å². The highest BCUT2D eigenvalue weighted by Crippen LogP contribution is 2.39. The van der Waals surface area contributed by atoms with Crippen LogP contribution in [0.5, 0.6) is 0 Å². The lowest BCUT2D eigenvalue weighted by Crippen LogP contribution is -2.38. The minimum absolute atomic E-state index is 0.0403. The Morgan fingerprint density at radius 2 is 1.88 bits per heavy atom. The SMILES string of the molecule is C=C(C)N1CCC(N=CC(=CN)Nc2ncc3c(n2)N(C)C(=C)N(c2cc(-c4ncc(-c5ccccc5C(F)(F)F)[nH]4)ccc2C)C3)CC1. The average molecular weight is 669 g/mol. The summed E-state index contributed by atoms with van der Waals surface area (Å²) in [5.41, 5.74) is 10.6. The van der Waals surface area contributed by atoms with Crippen LogP contribution in [-0.4, -0.2) is 57.2 Å². The minimum atomic E-state index is -4.49. The standard InChI is InChI=1S/C36H39F3N10/c1-22(2)48-14-12-27(13-15-48)41-19-28(17-40)44-35-43-18-26-21-49(24(4)47(5)34(26)46-35)32-16-25(11-10-23(32)3)33-42-20-31(45-33)29-8-6-7-9-30(29)36(37,38)39/h6-11,16-20,27H,1,4,12-15,21,40H2,2-3,5H3,(H,42,45)(H,43,44,46). The van der Waals surface area contributed by atoms with Crippen LogP contribution in [-0.2, 0) is 12.7 Å². The number of hydrogen-bond donors (Lipinski definition) is 3. The Hall–Kier alpha value is -5.59. The van der Waals surface area contributed by atoms with Crippen molar-refractivity contribution in [3.8, 4) is 22.6 Å². The number of anilines is 3. The van der Waals surface area contributed by atoms with Gasteiger partial charge in [-0.2, -0.15) is 18.2 Å². The van der Waals surface area contributed by atoms with Gasteiger partial charge in [-0.15, -0.1) is 0 Å². The number of nitrogens with one attached hydrogen (secondary N) is 2. The first kappa shape index (κ1) is 33.3. The van der Waals surface area contributed by atoms with Crippen molar-refractivity contribution in [1.29, 1.82) is 0 Å². The molecule has 0 spiro atoms. The van der Waals surface area contributed by atoms with E-state index in [0.29, 0.717) is 35.7 Å². The fourth-order valence-corrected chi connectivity index (χ4v) is 6.09. The molecule has 2 aliphatic rings. The topological polar surface area (TPSA) is 115 Å². The number of halogens is 3. The van der Waals surface area contributed by atoms with E-state index in [4.69, 9.17) is 15.7 Å². The normalized spacial score (nSPS) is 16.0. The summed E-state index contributed by atoms with van der Waals surface area (Å²) in [4.78, 5) is 27.8. The molecule has 13 heteroatoms. The van der Waals surface area contributed by atoms with Crippen LogP contribution in [0.1, 0.15) is 36.5 Å². The molecule has 10 nitrogen and oxygen atoms in total. The molecule has 4 heterocycles. The summed E-state index contributed by atoms with van der Waals surface area (Å²) >= 11 is 0. The summed E-state index contributed by atoms with van der Waals surface area (Å²) < 4.78 is 41.0. The first-order valence-corrected chi connectivity index (χ1v) is 15.9. The Morgan fingerprint density at radius 1 is 1.12 bits per heavy atom. The van der Waals surface area contributed by atoms with E-state index in [-0.39, 0.29) is 17.3 Å². The number of imidazole rings is 1. The zero-order valence-electron chi connectivity index (χ0n) is 27.7. The number of aliphatic imine (C=N–C) groups is 1. The van der Waals surface area contributed by atoms with Gasteiger partial charge < -0.3 is 30.7 Å². The molecule has 1 saturated heterocycles. The van der Waals surface area contributed by atoms with Crippen molar-refractivity contribution in [1.82, 2.24) is 24.8 Å². The second kappa shape index (κ2) is 13.5. The van der Waals surface area contributed by atoms with Crippen molar-refractivity contribution in [2.24, 2.45) is 10.7 Å². The summed E-state index contributed by atoms with van der Waals surface area (Å²) in [5.74, 6) is 2.22. The van der Waals surface area contributed by atoms with Gasteiger partial charge in [-0.05, 0) is 44.4 Å². The molecule has 2 aromatic heterocycles. The number of nitrogens with two attached hydrogens (primary N) is 1. The summed E-state index contributed by atoms with van der Waals surface area (Å²) in [5, 5.41) is 3.18. The molecule has 0 amide bonds. The number of hydrogen-bond acceptors (Lipinski definition) is 9. The Labute approximate surface area is 283 Å². The zero-order valence-corrected chi connectivity index (χ0v) is 27.7. The molecule has 2 aliphatic heterocycles. The van der Waals surface area contributed by atoms with Gasteiger partial charge in [0.05, 0.1) is 35.7 Å². The molecule has 0 saturated carbocycles. The molecule has 4 N–H and O–H groups in total. The molecule has 254 valence electrons. The van der Waals surface area contributed by atoms with Gasteiger partial charge in [0.25, 0.3) is 0 Å². The minimum Gasteiger partial charge on any atom is -0.403 e. The van der Waals surface area contributed by atoms with Crippen molar-refractivity contribution in [3.05, 3.63) is 108 Å². The monoisotopic (exact) mass is 668 g/mol. The molecule has 0 atom stereocenters. The first-order valence-electron chi connectivity index (χ1n) is 15.9. The van der Waals surface area contributed by atoms with Gasteiger partial charge in [0.15, 0.2) is 0 Å². The van der Waals surface area contributed by atoms with Gasteiger partial charge in [0, 0.05) is 66.8 Å². The third-order valence-corrected chi connectivity index (χ3v) is 8.92. The smallest absolute Gasteiger partial charge is 0.403 e. The molecular weight excluding hydrogens is 629 g/mol. The predicted molar refractivity (Wildman–Crippen MR) is 189 cm³/mol. The second-order valence-electron chi connectivity index (χ2n) is 12.3. The number of likely N-dealkylation sites (tertiary alicyclic amines) is 1. The molecule has 2 aromatic carbocycles. The number of H-pyrrole nitrogens is 1. The van der Waals surface area contributed by atoms with Crippen molar-refractivity contribution >= 4 is 23.7 Å². The number of nitrogens with zero attached hydrogens (tertiary/aromatic N) is 7. The lowest BCUT2D eigenvalue weighted by Gasteiger charge is -2.39. The average Bonchev–Trinajstić information content (AvgIpc) is 3.59. The van der Waals surface area contributed by atoms with E-state index in [0.717, 1.165) is 60.1 Å². The molecule has 0 unspecified atom stereocenters. The van der Waals surface area contributed by atoms with E-state index in [1.54, 1.807) is 18.5 Å². The van der Waals surface area contributed by atoms with Crippen LogP contribution in [0.4, 0.5) is 30.6 Å². The highest BCUT2D eigenvalue weighted by molar-refractivity contribution is 5.82. The molecule has 0 radical (unpaired) electrons. The van der Waals surface area contributed by atoms with E-state index in [1.165, 1.54) is 24.5 Å². The van der Waals surface area contributed by atoms with Crippen LogP contribution < -0.4 is 20.9 Å². The van der Waals surface area contributed by atoms with Gasteiger partial charge in [-0.1, -0.05) is 43.5 Å². The molecular formula is C36H39F3N10. The van der Waals surface area contributed by atoms with Crippen LogP contribution >= 0.6 is 0 Å². The summed E-state index contributed by atoms with van der Waals surface area (Å²) in [6.45, 7) is 14.7. The first-order chi connectivity index (χ1) is 23.4. The predicted octanol–water partition coefficient (Wildman–Crippen LogP) is 7.07. The van der Waals surface area contributed by atoms with Gasteiger partial charge in [0.2, 0.25) is 5.95 Å². The van der Waals surface area contributed by atoms with Crippen LogP contribution in [0.25, 0.3) is 22.6 Å². The third-order valence-electron chi connectivity index (χ3n) is 8.92. The van der Waals surface area contributed by atoms with E-state index >= 15 is 0 Å². The molecule has 6 rings (SSSR count). The number of piperidine rings is 1. The number of aromatic nitrogens is 4. The highest BCUT2D eigenvalue weighted by atomic mass is 19.4. The lowest BCUT2D eigenvalue weighted by molar-refractivity contribution is -0.137. The molecule has 49 heavy (non-hydrogen) atoms. The van der Waals surface area contributed by atoms with Crippen LogP contribution in [0.2, 0.25) is 0 Å². The van der Waals surface area contributed by atoms with E-state index in [9.17, 15) is 13.2 Å². The van der Waals surface area contributed by atoms with Gasteiger partial charge in [0.1, 0.15) is 17.5 Å².